The van der Waals surface area contributed by atoms with E-state index in [9.17, 15) is 9.59 Å². The van der Waals surface area contributed by atoms with Crippen LogP contribution in [-0.2, 0) is 28.5 Å². The van der Waals surface area contributed by atoms with Crippen molar-refractivity contribution >= 4 is 11.8 Å². The van der Waals surface area contributed by atoms with E-state index in [0.717, 1.165) is 0 Å². The molecule has 0 N–H and O–H groups in total. The van der Waals surface area contributed by atoms with E-state index in [2.05, 4.69) is 0 Å². The number of hydrogen-bond acceptors (Lipinski definition) is 6. The SMILES string of the molecule is C.COC(OC)C(C)CC(C)=O.COC1OC(=O)CC1C. The summed E-state index contributed by atoms with van der Waals surface area (Å²) in [5, 5.41) is 0. The molecule has 0 saturated carbocycles. The van der Waals surface area contributed by atoms with Gasteiger partial charge in [-0.3, -0.25) is 4.79 Å². The van der Waals surface area contributed by atoms with Crippen LogP contribution in [0, 0.1) is 11.8 Å². The summed E-state index contributed by atoms with van der Waals surface area (Å²) in [4.78, 5) is 21.2. The van der Waals surface area contributed by atoms with Crippen molar-refractivity contribution in [1.82, 2.24) is 0 Å². The van der Waals surface area contributed by atoms with Gasteiger partial charge in [0.15, 0.2) is 6.29 Å². The van der Waals surface area contributed by atoms with Crippen LogP contribution in [-0.4, -0.2) is 45.7 Å². The zero-order valence-electron chi connectivity index (χ0n) is 13.2. The largest absolute Gasteiger partial charge is 0.435 e. The Morgan fingerprint density at radius 3 is 2.10 bits per heavy atom. The molecule has 6 nitrogen and oxygen atoms in total. The minimum absolute atomic E-state index is 0. The highest BCUT2D eigenvalue weighted by atomic mass is 16.7. The number of hydrogen-bond donors (Lipinski definition) is 0. The van der Waals surface area contributed by atoms with Gasteiger partial charge in [-0.25, -0.2) is 0 Å². The maximum atomic E-state index is 10.7. The monoisotopic (exact) mass is 306 g/mol. The maximum Gasteiger partial charge on any atom is 0.308 e. The van der Waals surface area contributed by atoms with Crippen molar-refractivity contribution in [3.8, 4) is 0 Å². The second-order valence-corrected chi connectivity index (χ2v) is 5.00. The van der Waals surface area contributed by atoms with Gasteiger partial charge in [-0.15, -0.1) is 0 Å². The molecule has 1 aliphatic heterocycles. The minimum atomic E-state index is -0.308. The van der Waals surface area contributed by atoms with Gasteiger partial charge in [0.2, 0.25) is 6.29 Å². The van der Waals surface area contributed by atoms with Crippen molar-refractivity contribution < 1.29 is 28.5 Å². The molecule has 0 spiro atoms. The molecule has 1 saturated heterocycles. The van der Waals surface area contributed by atoms with Crippen LogP contribution in [0.5, 0.6) is 0 Å². The van der Waals surface area contributed by atoms with Crippen LogP contribution in [0.25, 0.3) is 0 Å². The van der Waals surface area contributed by atoms with Crippen molar-refractivity contribution in [2.75, 3.05) is 21.3 Å². The van der Waals surface area contributed by atoms with Gasteiger partial charge >= 0.3 is 5.97 Å². The Morgan fingerprint density at radius 1 is 1.33 bits per heavy atom. The molecule has 0 radical (unpaired) electrons. The van der Waals surface area contributed by atoms with Crippen LogP contribution in [0.3, 0.4) is 0 Å². The Labute approximate surface area is 128 Å². The smallest absolute Gasteiger partial charge is 0.308 e. The third kappa shape index (κ3) is 8.80. The van der Waals surface area contributed by atoms with E-state index in [1.807, 2.05) is 13.8 Å². The molecule has 3 unspecified atom stereocenters. The molecule has 0 aliphatic carbocycles. The van der Waals surface area contributed by atoms with Crippen molar-refractivity contribution in [1.29, 1.82) is 0 Å². The molecular weight excluding hydrogens is 276 g/mol. The molecule has 0 bridgehead atoms. The lowest BCUT2D eigenvalue weighted by atomic mass is 10.1. The normalized spacial score (nSPS) is 22.0. The van der Waals surface area contributed by atoms with Crippen molar-refractivity contribution in [2.45, 2.75) is 53.6 Å². The summed E-state index contributed by atoms with van der Waals surface area (Å²) < 4.78 is 19.6. The van der Waals surface area contributed by atoms with E-state index in [1.54, 1.807) is 28.3 Å². The number of methoxy groups -OCH3 is 3. The Bertz CT molecular complexity index is 301. The zero-order valence-corrected chi connectivity index (χ0v) is 13.2. The first-order valence-corrected chi connectivity index (χ1v) is 6.62. The average Bonchev–Trinajstić information content (AvgIpc) is 2.69. The number of Topliss-reactive ketones (excluding diaryl/α,β-unsaturated/α-hetero) is 1. The van der Waals surface area contributed by atoms with Crippen LogP contribution < -0.4 is 0 Å². The van der Waals surface area contributed by atoms with Crippen molar-refractivity contribution in [3.63, 3.8) is 0 Å². The Morgan fingerprint density at radius 2 is 1.86 bits per heavy atom. The Hall–Kier alpha value is -0.980. The van der Waals surface area contributed by atoms with Crippen LogP contribution in [0.15, 0.2) is 0 Å². The van der Waals surface area contributed by atoms with E-state index >= 15 is 0 Å². The number of cyclic esters (lactones) is 1. The molecule has 1 fully saturated rings. The number of ether oxygens (including phenoxy) is 4. The number of esters is 1. The maximum absolute atomic E-state index is 10.7. The number of rotatable bonds is 6. The first-order valence-electron chi connectivity index (χ1n) is 6.62. The first-order chi connectivity index (χ1) is 9.35. The van der Waals surface area contributed by atoms with Gasteiger partial charge in [0.1, 0.15) is 5.78 Å². The summed E-state index contributed by atoms with van der Waals surface area (Å²) in [6, 6.07) is 0. The summed E-state index contributed by atoms with van der Waals surface area (Å²) in [6.45, 7) is 5.43. The number of carbonyl (C=O) groups is 2. The molecule has 0 aromatic heterocycles. The van der Waals surface area contributed by atoms with Crippen LogP contribution in [0.4, 0.5) is 0 Å². The van der Waals surface area contributed by atoms with Gasteiger partial charge in [-0.1, -0.05) is 21.3 Å². The lowest BCUT2D eigenvalue weighted by molar-refractivity contribution is -0.160. The predicted molar refractivity (Wildman–Crippen MR) is 79.7 cm³/mol. The molecule has 6 heteroatoms. The molecule has 0 aromatic rings. The average molecular weight is 306 g/mol. The lowest BCUT2D eigenvalue weighted by Crippen LogP contribution is -2.23. The number of carbonyl (C=O) groups excluding carboxylic acids is 2. The number of ketones is 1. The fraction of sp³-hybridized carbons (Fsp3) is 0.867. The van der Waals surface area contributed by atoms with E-state index in [4.69, 9.17) is 18.9 Å². The van der Waals surface area contributed by atoms with Gasteiger partial charge in [0, 0.05) is 39.6 Å². The van der Waals surface area contributed by atoms with Gasteiger partial charge in [0.05, 0.1) is 6.42 Å². The topological polar surface area (TPSA) is 71.1 Å². The summed E-state index contributed by atoms with van der Waals surface area (Å²) in [6.07, 6.45) is 0.418. The molecule has 21 heavy (non-hydrogen) atoms. The molecule has 1 rings (SSSR count). The van der Waals surface area contributed by atoms with Gasteiger partial charge in [-0.05, 0) is 6.92 Å². The van der Waals surface area contributed by atoms with Gasteiger partial charge < -0.3 is 23.7 Å². The van der Waals surface area contributed by atoms with Crippen LogP contribution >= 0.6 is 0 Å². The first kappa shape index (κ1) is 22.3. The second-order valence-electron chi connectivity index (χ2n) is 5.00. The van der Waals surface area contributed by atoms with E-state index in [0.29, 0.717) is 12.8 Å². The summed E-state index contributed by atoms with van der Waals surface area (Å²) in [5.74, 6) is 0.343. The van der Waals surface area contributed by atoms with E-state index in [-0.39, 0.29) is 43.6 Å². The Balaban J connectivity index is 0. The highest BCUT2D eigenvalue weighted by Gasteiger charge is 2.30. The molecule has 3 atom stereocenters. The zero-order chi connectivity index (χ0) is 15.7. The van der Waals surface area contributed by atoms with E-state index in [1.165, 1.54) is 0 Å². The summed E-state index contributed by atoms with van der Waals surface area (Å²) >= 11 is 0. The highest BCUT2D eigenvalue weighted by Crippen LogP contribution is 2.21. The Kier molecular flexibility index (Phi) is 12.4. The fourth-order valence-corrected chi connectivity index (χ4v) is 2.04. The molecule has 1 aliphatic rings. The molecule has 1 heterocycles. The predicted octanol–water partition coefficient (Wildman–Crippen LogP) is 2.40. The summed E-state index contributed by atoms with van der Waals surface area (Å²) in [7, 11) is 4.69. The van der Waals surface area contributed by atoms with Crippen molar-refractivity contribution in [3.05, 3.63) is 0 Å². The molecule has 126 valence electrons. The highest BCUT2D eigenvalue weighted by molar-refractivity contribution is 5.75. The van der Waals surface area contributed by atoms with Crippen LogP contribution in [0.2, 0.25) is 0 Å². The van der Waals surface area contributed by atoms with Crippen LogP contribution in [0.1, 0.15) is 41.0 Å². The summed E-state index contributed by atoms with van der Waals surface area (Å²) in [5.41, 5.74) is 0. The fourth-order valence-electron chi connectivity index (χ4n) is 2.04. The quantitative estimate of drug-likeness (QED) is 0.554. The standard InChI is InChI=1S/C8H16O3.C6H10O3.CH4/c1-6(5-7(2)9)8(10-3)11-4;1-4-3-5(7)9-6(4)8-2;/h6,8H,5H2,1-4H3;4,6H,3H2,1-2H3;1H4. The second kappa shape index (κ2) is 11.7. The van der Waals surface area contributed by atoms with Crippen molar-refractivity contribution in [2.24, 2.45) is 11.8 Å². The van der Waals surface area contributed by atoms with E-state index < -0.39 is 0 Å². The van der Waals surface area contributed by atoms with Gasteiger partial charge in [-0.2, -0.15) is 0 Å². The lowest BCUT2D eigenvalue weighted by Gasteiger charge is -2.19. The minimum Gasteiger partial charge on any atom is -0.435 e. The molecule has 0 amide bonds. The third-order valence-corrected chi connectivity index (χ3v) is 2.97. The third-order valence-electron chi connectivity index (χ3n) is 2.97. The molecule has 0 aromatic carbocycles. The molecular formula is C15H30O6. The van der Waals surface area contributed by atoms with Gasteiger partial charge in [0.25, 0.3) is 0 Å².